The number of hydrogen-bond donors (Lipinski definition) is 1. The van der Waals surface area contributed by atoms with E-state index in [2.05, 4.69) is 10.3 Å². The third-order valence-electron chi connectivity index (χ3n) is 4.77. The minimum absolute atomic E-state index is 0.0356. The molecule has 0 saturated carbocycles. The Labute approximate surface area is 168 Å². The molecule has 1 aromatic heterocycles. The summed E-state index contributed by atoms with van der Waals surface area (Å²) in [4.78, 5) is 30.7. The third-order valence-corrected chi connectivity index (χ3v) is 5.63. The van der Waals surface area contributed by atoms with Gasteiger partial charge in [-0.2, -0.15) is 0 Å². The van der Waals surface area contributed by atoms with Crippen molar-refractivity contribution in [2.45, 2.75) is 25.7 Å². The van der Waals surface area contributed by atoms with Gasteiger partial charge in [0.05, 0.1) is 10.0 Å². The Hall–Kier alpha value is -2.11. The van der Waals surface area contributed by atoms with E-state index in [0.717, 1.165) is 5.56 Å². The molecule has 2 amide bonds. The molecule has 3 rings (SSSR count). The lowest BCUT2D eigenvalue weighted by molar-refractivity contribution is -0.134. The van der Waals surface area contributed by atoms with Crippen molar-refractivity contribution in [2.24, 2.45) is 5.92 Å². The summed E-state index contributed by atoms with van der Waals surface area (Å²) in [6.07, 6.45) is 3.89. The van der Waals surface area contributed by atoms with Crippen LogP contribution in [0.2, 0.25) is 10.0 Å². The Balaban J connectivity index is 1.46. The molecule has 0 unspecified atom stereocenters. The van der Waals surface area contributed by atoms with Crippen LogP contribution in [0, 0.1) is 5.92 Å². The molecule has 0 aliphatic carbocycles. The number of benzene rings is 1. The van der Waals surface area contributed by atoms with Crippen LogP contribution >= 0.6 is 23.2 Å². The van der Waals surface area contributed by atoms with Gasteiger partial charge in [-0.15, -0.1) is 0 Å². The number of likely N-dealkylation sites (tertiary alicyclic amines) is 1. The van der Waals surface area contributed by atoms with Crippen LogP contribution < -0.4 is 5.32 Å². The van der Waals surface area contributed by atoms with Gasteiger partial charge < -0.3 is 10.2 Å². The van der Waals surface area contributed by atoms with Gasteiger partial charge in [-0.25, -0.2) is 4.98 Å². The summed E-state index contributed by atoms with van der Waals surface area (Å²) in [6, 6.07) is 10.8. The Morgan fingerprint density at radius 2 is 1.89 bits per heavy atom. The average molecular weight is 406 g/mol. The molecule has 27 heavy (non-hydrogen) atoms. The van der Waals surface area contributed by atoms with E-state index in [1.54, 1.807) is 24.4 Å². The van der Waals surface area contributed by atoms with Crippen molar-refractivity contribution in [1.29, 1.82) is 0 Å². The van der Waals surface area contributed by atoms with Gasteiger partial charge in [0.15, 0.2) is 0 Å². The second kappa shape index (κ2) is 9.20. The highest BCUT2D eigenvalue weighted by molar-refractivity contribution is 6.42. The molecule has 1 N–H and O–H groups in total. The molecule has 1 aliphatic heterocycles. The molecule has 1 aliphatic rings. The van der Waals surface area contributed by atoms with Crippen LogP contribution in [0.25, 0.3) is 0 Å². The van der Waals surface area contributed by atoms with Crippen LogP contribution in [0.4, 0.5) is 5.82 Å². The van der Waals surface area contributed by atoms with Crippen molar-refractivity contribution in [3.63, 3.8) is 0 Å². The number of pyridine rings is 1. The van der Waals surface area contributed by atoms with E-state index >= 15 is 0 Å². The number of nitrogens with one attached hydrogen (secondary N) is 1. The van der Waals surface area contributed by atoms with Crippen LogP contribution in [0.5, 0.6) is 0 Å². The van der Waals surface area contributed by atoms with E-state index in [0.29, 0.717) is 54.6 Å². The molecule has 0 radical (unpaired) electrons. The SMILES string of the molecule is O=C(Nc1ccccn1)C1CCN(C(=O)CCc2cccc(Cl)c2Cl)CC1. The number of halogens is 2. The minimum atomic E-state index is -0.0987. The van der Waals surface area contributed by atoms with Gasteiger partial charge in [0.2, 0.25) is 11.8 Å². The number of amides is 2. The predicted octanol–water partition coefficient (Wildman–Crippen LogP) is 4.20. The molecule has 7 heteroatoms. The zero-order valence-corrected chi connectivity index (χ0v) is 16.3. The molecule has 2 aromatic rings. The summed E-state index contributed by atoms with van der Waals surface area (Å²) in [5.74, 6) is 0.499. The Kier molecular flexibility index (Phi) is 6.69. The lowest BCUT2D eigenvalue weighted by atomic mass is 9.95. The van der Waals surface area contributed by atoms with Crippen molar-refractivity contribution in [1.82, 2.24) is 9.88 Å². The minimum Gasteiger partial charge on any atom is -0.343 e. The van der Waals surface area contributed by atoms with Gasteiger partial charge in [0.25, 0.3) is 0 Å². The van der Waals surface area contributed by atoms with Crippen LogP contribution in [0.3, 0.4) is 0 Å². The second-order valence-electron chi connectivity index (χ2n) is 6.57. The summed E-state index contributed by atoms with van der Waals surface area (Å²) in [6.45, 7) is 1.17. The number of carbonyl (C=O) groups excluding carboxylic acids is 2. The molecular formula is C20H21Cl2N3O2. The molecule has 0 spiro atoms. The Morgan fingerprint density at radius 3 is 2.59 bits per heavy atom. The fourth-order valence-corrected chi connectivity index (χ4v) is 3.61. The van der Waals surface area contributed by atoms with Gasteiger partial charge in [0, 0.05) is 31.6 Å². The number of carbonyl (C=O) groups is 2. The number of piperidine rings is 1. The van der Waals surface area contributed by atoms with E-state index < -0.39 is 0 Å². The number of nitrogens with zero attached hydrogens (tertiary/aromatic N) is 2. The number of rotatable bonds is 5. The number of hydrogen-bond acceptors (Lipinski definition) is 3. The quantitative estimate of drug-likeness (QED) is 0.810. The van der Waals surface area contributed by atoms with Crippen molar-refractivity contribution in [3.05, 3.63) is 58.2 Å². The fourth-order valence-electron chi connectivity index (χ4n) is 3.20. The predicted molar refractivity (Wildman–Crippen MR) is 107 cm³/mol. The molecule has 1 fully saturated rings. The zero-order chi connectivity index (χ0) is 19.2. The van der Waals surface area contributed by atoms with Crippen LogP contribution in [0.15, 0.2) is 42.6 Å². The summed E-state index contributed by atoms with van der Waals surface area (Å²) in [5.41, 5.74) is 0.877. The van der Waals surface area contributed by atoms with Gasteiger partial charge in [0.1, 0.15) is 5.82 Å². The molecule has 2 heterocycles. The van der Waals surface area contributed by atoms with Crippen LogP contribution in [0.1, 0.15) is 24.8 Å². The maximum absolute atomic E-state index is 12.5. The van der Waals surface area contributed by atoms with Gasteiger partial charge >= 0.3 is 0 Å². The maximum Gasteiger partial charge on any atom is 0.228 e. The van der Waals surface area contributed by atoms with Crippen molar-refractivity contribution in [3.8, 4) is 0 Å². The monoisotopic (exact) mass is 405 g/mol. The lowest BCUT2D eigenvalue weighted by Crippen LogP contribution is -2.41. The largest absolute Gasteiger partial charge is 0.343 e. The van der Waals surface area contributed by atoms with E-state index in [4.69, 9.17) is 23.2 Å². The number of anilines is 1. The van der Waals surface area contributed by atoms with Crippen LogP contribution in [-0.2, 0) is 16.0 Å². The molecule has 1 aromatic carbocycles. The van der Waals surface area contributed by atoms with E-state index in [-0.39, 0.29) is 17.7 Å². The first-order valence-electron chi connectivity index (χ1n) is 8.97. The first-order valence-corrected chi connectivity index (χ1v) is 9.72. The van der Waals surface area contributed by atoms with Crippen molar-refractivity contribution >= 4 is 40.8 Å². The number of aryl methyl sites for hydroxylation is 1. The fraction of sp³-hybridized carbons (Fsp3) is 0.350. The molecule has 142 valence electrons. The Bertz CT molecular complexity index is 806. The summed E-state index contributed by atoms with van der Waals surface area (Å²) < 4.78 is 0. The van der Waals surface area contributed by atoms with E-state index in [9.17, 15) is 9.59 Å². The van der Waals surface area contributed by atoms with Crippen molar-refractivity contribution in [2.75, 3.05) is 18.4 Å². The molecule has 1 saturated heterocycles. The second-order valence-corrected chi connectivity index (χ2v) is 7.36. The van der Waals surface area contributed by atoms with E-state index in [1.807, 2.05) is 23.1 Å². The van der Waals surface area contributed by atoms with Gasteiger partial charge in [-0.05, 0) is 43.0 Å². The molecule has 5 nitrogen and oxygen atoms in total. The summed E-state index contributed by atoms with van der Waals surface area (Å²) >= 11 is 12.2. The highest BCUT2D eigenvalue weighted by atomic mass is 35.5. The topological polar surface area (TPSA) is 62.3 Å². The van der Waals surface area contributed by atoms with E-state index in [1.165, 1.54) is 0 Å². The first-order chi connectivity index (χ1) is 13.0. The standard InChI is InChI=1S/C20H21Cl2N3O2/c21-16-5-3-4-14(19(16)22)7-8-18(26)25-12-9-15(10-13-25)20(27)24-17-6-1-2-11-23-17/h1-6,11,15H,7-10,12-13H2,(H,23,24,27). The van der Waals surface area contributed by atoms with Gasteiger partial charge in [-0.1, -0.05) is 41.4 Å². The smallest absolute Gasteiger partial charge is 0.228 e. The molecule has 0 bridgehead atoms. The van der Waals surface area contributed by atoms with Crippen molar-refractivity contribution < 1.29 is 9.59 Å². The summed E-state index contributed by atoms with van der Waals surface area (Å²) in [7, 11) is 0. The summed E-state index contributed by atoms with van der Waals surface area (Å²) in [5, 5.41) is 3.85. The highest BCUT2D eigenvalue weighted by Crippen LogP contribution is 2.27. The molecule has 0 atom stereocenters. The maximum atomic E-state index is 12.5. The lowest BCUT2D eigenvalue weighted by Gasteiger charge is -2.31. The zero-order valence-electron chi connectivity index (χ0n) is 14.8. The average Bonchev–Trinajstić information content (AvgIpc) is 2.70. The third kappa shape index (κ3) is 5.21. The van der Waals surface area contributed by atoms with Crippen LogP contribution in [-0.4, -0.2) is 34.8 Å². The normalized spacial score (nSPS) is 14.8. The van der Waals surface area contributed by atoms with Gasteiger partial charge in [-0.3, -0.25) is 9.59 Å². The molecular weight excluding hydrogens is 385 g/mol. The Morgan fingerprint density at radius 1 is 1.11 bits per heavy atom. The number of aromatic nitrogens is 1. The highest BCUT2D eigenvalue weighted by Gasteiger charge is 2.27. The first kappa shape index (κ1) is 19.6.